The van der Waals surface area contributed by atoms with Crippen molar-refractivity contribution in [1.82, 2.24) is 0 Å². The summed E-state index contributed by atoms with van der Waals surface area (Å²) in [5.41, 5.74) is -2.21. The number of carbonyl (C=O) groups is 2. The molecule has 32 heavy (non-hydrogen) atoms. The molecule has 2 unspecified atom stereocenters. The molecule has 1 aliphatic rings. The first-order valence-electron chi connectivity index (χ1n) is 13.8. The Bertz CT molecular complexity index is 530. The number of carboxylic acid groups (broad SMARTS) is 2. The van der Waals surface area contributed by atoms with Crippen molar-refractivity contribution in [2.75, 3.05) is 0 Å². The lowest BCUT2D eigenvalue weighted by atomic mass is 9.51. The van der Waals surface area contributed by atoms with Crippen LogP contribution in [-0.2, 0) is 9.59 Å². The van der Waals surface area contributed by atoms with E-state index >= 15 is 0 Å². The molecule has 1 rings (SSSR count). The van der Waals surface area contributed by atoms with E-state index < -0.39 is 22.8 Å². The molecular weight excluding hydrogens is 400 g/mol. The lowest BCUT2D eigenvalue weighted by molar-refractivity contribution is -0.183. The molecule has 1 fully saturated rings. The van der Waals surface area contributed by atoms with E-state index in [4.69, 9.17) is 0 Å². The van der Waals surface area contributed by atoms with Gasteiger partial charge in [0.1, 0.15) is 0 Å². The Balaban J connectivity index is 2.35. The summed E-state index contributed by atoms with van der Waals surface area (Å²) in [5.74, 6) is -1.59. The van der Waals surface area contributed by atoms with E-state index in [1.54, 1.807) is 0 Å². The molecule has 2 atom stereocenters. The van der Waals surface area contributed by atoms with Crippen LogP contribution in [0.4, 0.5) is 0 Å². The van der Waals surface area contributed by atoms with Crippen molar-refractivity contribution in [2.24, 2.45) is 16.7 Å². The van der Waals surface area contributed by atoms with Gasteiger partial charge in [-0.05, 0) is 31.6 Å². The number of hydrogen-bond donors (Lipinski definition) is 2. The Morgan fingerprint density at radius 1 is 0.656 bits per heavy atom. The average Bonchev–Trinajstić information content (AvgIpc) is 2.74. The van der Waals surface area contributed by atoms with Crippen molar-refractivity contribution in [3.05, 3.63) is 0 Å². The van der Waals surface area contributed by atoms with Gasteiger partial charge in [0.2, 0.25) is 0 Å². The second-order valence-corrected chi connectivity index (χ2v) is 10.9. The smallest absolute Gasteiger partial charge is 0.310 e. The van der Waals surface area contributed by atoms with Crippen molar-refractivity contribution < 1.29 is 19.8 Å². The maximum atomic E-state index is 12.5. The molecule has 2 N–H and O–H groups in total. The highest BCUT2D eigenvalue weighted by Crippen LogP contribution is 2.57. The van der Waals surface area contributed by atoms with Crippen LogP contribution in [0.5, 0.6) is 0 Å². The van der Waals surface area contributed by atoms with Gasteiger partial charge in [-0.3, -0.25) is 9.59 Å². The van der Waals surface area contributed by atoms with Crippen LogP contribution in [-0.4, -0.2) is 22.2 Å². The summed E-state index contributed by atoms with van der Waals surface area (Å²) >= 11 is 0. The Kier molecular flexibility index (Phi) is 14.2. The number of unbranched alkanes of at least 4 members (excludes halogenated alkanes) is 13. The number of rotatable bonds is 19. The lowest BCUT2D eigenvalue weighted by Gasteiger charge is -2.49. The summed E-state index contributed by atoms with van der Waals surface area (Å²) in [5, 5.41) is 20.4. The van der Waals surface area contributed by atoms with Crippen LogP contribution < -0.4 is 0 Å². The Hall–Kier alpha value is -1.06. The molecule has 0 saturated heterocycles. The topological polar surface area (TPSA) is 74.6 Å². The molecule has 0 aromatic rings. The third kappa shape index (κ3) is 8.71. The molecule has 1 aliphatic carbocycles. The molecule has 0 radical (unpaired) electrons. The molecule has 1 saturated carbocycles. The van der Waals surface area contributed by atoms with Crippen LogP contribution in [0.25, 0.3) is 0 Å². The van der Waals surface area contributed by atoms with Crippen molar-refractivity contribution in [3.8, 4) is 0 Å². The summed E-state index contributed by atoms with van der Waals surface area (Å²) < 4.78 is 0. The molecule has 0 aliphatic heterocycles. The van der Waals surface area contributed by atoms with Crippen molar-refractivity contribution in [3.63, 3.8) is 0 Å². The molecule has 188 valence electrons. The third-order valence-electron chi connectivity index (χ3n) is 7.91. The van der Waals surface area contributed by atoms with E-state index in [1.807, 2.05) is 13.8 Å². The van der Waals surface area contributed by atoms with E-state index in [1.165, 1.54) is 70.6 Å². The zero-order chi connectivity index (χ0) is 23.9. The largest absolute Gasteiger partial charge is 0.481 e. The van der Waals surface area contributed by atoms with E-state index in [9.17, 15) is 19.8 Å². The summed E-state index contributed by atoms with van der Waals surface area (Å²) in [6.07, 6.45) is 21.4. The van der Waals surface area contributed by atoms with Gasteiger partial charge in [-0.2, -0.15) is 0 Å². The maximum absolute atomic E-state index is 12.5. The number of hydrogen-bond acceptors (Lipinski definition) is 2. The monoisotopic (exact) mass is 452 g/mol. The average molecular weight is 453 g/mol. The first-order chi connectivity index (χ1) is 15.3. The summed E-state index contributed by atoms with van der Waals surface area (Å²) in [7, 11) is 0. The van der Waals surface area contributed by atoms with E-state index in [0.29, 0.717) is 25.7 Å². The van der Waals surface area contributed by atoms with Crippen molar-refractivity contribution in [1.29, 1.82) is 0 Å². The van der Waals surface area contributed by atoms with E-state index in [-0.39, 0.29) is 5.92 Å². The van der Waals surface area contributed by atoms with Gasteiger partial charge in [-0.25, -0.2) is 0 Å². The molecule has 0 amide bonds. The SMILES string of the molecule is CCCCCCCCCCCCCCCCC1(C(=O)O)CCCCC1(CC(C)C)C(=O)O. The van der Waals surface area contributed by atoms with Crippen LogP contribution in [0.3, 0.4) is 0 Å². The second-order valence-electron chi connectivity index (χ2n) is 10.9. The standard InChI is InChI=1S/C28H52O4/c1-4-5-6-7-8-9-10-11-12-13-14-15-16-17-20-27(25(29)30)21-18-19-22-28(27,26(31)32)23-24(2)3/h24H,4-23H2,1-3H3,(H,29,30)(H,31,32). The molecular formula is C28H52O4. The number of aliphatic carboxylic acids is 2. The first kappa shape index (κ1) is 29.0. The van der Waals surface area contributed by atoms with Gasteiger partial charge in [0.25, 0.3) is 0 Å². The minimum atomic E-state index is -1.11. The highest BCUT2D eigenvalue weighted by atomic mass is 16.4. The predicted octanol–water partition coefficient (Wildman–Crippen LogP) is 8.62. The van der Waals surface area contributed by atoms with Crippen LogP contribution in [0.1, 0.15) is 149 Å². The molecule has 0 heterocycles. The van der Waals surface area contributed by atoms with Crippen molar-refractivity contribution >= 4 is 11.9 Å². The van der Waals surface area contributed by atoms with Crippen LogP contribution in [0.15, 0.2) is 0 Å². The van der Waals surface area contributed by atoms with Gasteiger partial charge in [-0.1, -0.05) is 124 Å². The Morgan fingerprint density at radius 2 is 1.03 bits per heavy atom. The van der Waals surface area contributed by atoms with Crippen LogP contribution in [0, 0.1) is 16.7 Å². The van der Waals surface area contributed by atoms with Gasteiger partial charge < -0.3 is 10.2 Å². The van der Waals surface area contributed by atoms with Gasteiger partial charge in [-0.15, -0.1) is 0 Å². The second kappa shape index (κ2) is 15.7. The Labute approximate surface area is 197 Å². The molecule has 0 aromatic carbocycles. The fraction of sp³-hybridized carbons (Fsp3) is 0.929. The fourth-order valence-electron chi connectivity index (χ4n) is 6.13. The van der Waals surface area contributed by atoms with E-state index in [0.717, 1.165) is 32.1 Å². The van der Waals surface area contributed by atoms with Gasteiger partial charge in [0, 0.05) is 0 Å². The summed E-state index contributed by atoms with van der Waals surface area (Å²) in [6.45, 7) is 6.28. The van der Waals surface area contributed by atoms with Gasteiger partial charge in [0.05, 0.1) is 10.8 Å². The van der Waals surface area contributed by atoms with E-state index in [2.05, 4.69) is 6.92 Å². The lowest BCUT2D eigenvalue weighted by Crippen LogP contribution is -2.55. The zero-order valence-electron chi connectivity index (χ0n) is 21.4. The predicted molar refractivity (Wildman–Crippen MR) is 133 cm³/mol. The molecule has 0 aromatic heterocycles. The highest BCUT2D eigenvalue weighted by Gasteiger charge is 2.61. The fourth-order valence-corrected chi connectivity index (χ4v) is 6.13. The number of carboxylic acids is 2. The maximum Gasteiger partial charge on any atom is 0.310 e. The van der Waals surface area contributed by atoms with Crippen LogP contribution >= 0.6 is 0 Å². The first-order valence-corrected chi connectivity index (χ1v) is 13.8. The minimum absolute atomic E-state index is 0.180. The highest BCUT2D eigenvalue weighted by molar-refractivity contribution is 5.87. The zero-order valence-corrected chi connectivity index (χ0v) is 21.4. The molecule has 0 bridgehead atoms. The molecule has 4 heteroatoms. The molecule has 0 spiro atoms. The van der Waals surface area contributed by atoms with Crippen molar-refractivity contribution in [2.45, 2.75) is 149 Å². The normalized spacial score (nSPS) is 23.5. The quantitative estimate of drug-likeness (QED) is 0.192. The Morgan fingerprint density at radius 3 is 1.41 bits per heavy atom. The molecule has 4 nitrogen and oxygen atoms in total. The summed E-state index contributed by atoms with van der Waals surface area (Å²) in [6, 6.07) is 0. The van der Waals surface area contributed by atoms with Crippen LogP contribution in [0.2, 0.25) is 0 Å². The third-order valence-corrected chi connectivity index (χ3v) is 7.91. The minimum Gasteiger partial charge on any atom is -0.481 e. The van der Waals surface area contributed by atoms with Gasteiger partial charge >= 0.3 is 11.9 Å². The summed E-state index contributed by atoms with van der Waals surface area (Å²) in [4.78, 5) is 24.9. The van der Waals surface area contributed by atoms with Gasteiger partial charge in [0.15, 0.2) is 0 Å².